The molecule has 0 saturated heterocycles. The van der Waals surface area contributed by atoms with Gasteiger partial charge in [-0.3, -0.25) is 0 Å². The molecule has 0 saturated carbocycles. The topological polar surface area (TPSA) is 29.5 Å². The van der Waals surface area contributed by atoms with Gasteiger partial charge in [-0.25, -0.2) is 0 Å². The smallest absolute Gasteiger partial charge is 0.0697 e. The number of unbranched alkanes of at least 4 members (excludes halogenated alkanes) is 3. The Hall–Kier alpha value is -0.0800. The molecule has 0 aromatic carbocycles. The zero-order chi connectivity index (χ0) is 11.4. The van der Waals surface area contributed by atoms with E-state index in [-0.39, 0.29) is 6.61 Å². The lowest BCUT2D eigenvalue weighted by Crippen LogP contribution is -2.01. The van der Waals surface area contributed by atoms with E-state index in [9.17, 15) is 0 Å². The highest BCUT2D eigenvalue weighted by atomic mass is 16.5. The van der Waals surface area contributed by atoms with Crippen LogP contribution in [0, 0.1) is 5.92 Å². The highest BCUT2D eigenvalue weighted by Crippen LogP contribution is 2.15. The summed E-state index contributed by atoms with van der Waals surface area (Å²) in [5.41, 5.74) is 0. The SMILES string of the molecule is CCCCCC(C)CCCCOCCO. The second kappa shape index (κ2) is 12.0. The normalized spacial score (nSPS) is 13.0. The molecule has 0 aliphatic carbocycles. The maximum atomic E-state index is 8.51. The summed E-state index contributed by atoms with van der Waals surface area (Å²) in [6.07, 6.45) is 9.19. The molecule has 92 valence electrons. The van der Waals surface area contributed by atoms with Crippen molar-refractivity contribution in [1.82, 2.24) is 0 Å². The van der Waals surface area contributed by atoms with Crippen molar-refractivity contribution in [3.8, 4) is 0 Å². The molecule has 0 aliphatic heterocycles. The summed E-state index contributed by atoms with van der Waals surface area (Å²) < 4.78 is 5.21. The summed E-state index contributed by atoms with van der Waals surface area (Å²) in [4.78, 5) is 0. The number of hydrogen-bond donors (Lipinski definition) is 1. The first kappa shape index (κ1) is 14.9. The zero-order valence-corrected chi connectivity index (χ0v) is 10.5. The van der Waals surface area contributed by atoms with Crippen molar-refractivity contribution in [2.45, 2.75) is 58.8 Å². The van der Waals surface area contributed by atoms with Gasteiger partial charge in [0.05, 0.1) is 13.2 Å². The number of hydrogen-bond acceptors (Lipinski definition) is 2. The van der Waals surface area contributed by atoms with Gasteiger partial charge in [-0.05, 0) is 12.3 Å². The number of rotatable bonds is 11. The van der Waals surface area contributed by atoms with Crippen LogP contribution in [0.4, 0.5) is 0 Å². The van der Waals surface area contributed by atoms with Gasteiger partial charge in [0.25, 0.3) is 0 Å². The fourth-order valence-electron chi connectivity index (χ4n) is 1.75. The van der Waals surface area contributed by atoms with E-state index < -0.39 is 0 Å². The van der Waals surface area contributed by atoms with Gasteiger partial charge in [0.15, 0.2) is 0 Å². The quantitative estimate of drug-likeness (QED) is 0.536. The molecule has 15 heavy (non-hydrogen) atoms. The Labute approximate surface area is 95.0 Å². The molecule has 0 heterocycles. The first-order valence-electron chi connectivity index (χ1n) is 6.49. The van der Waals surface area contributed by atoms with E-state index in [4.69, 9.17) is 9.84 Å². The molecule has 0 aliphatic rings. The third-order valence-corrected chi connectivity index (χ3v) is 2.77. The Kier molecular flexibility index (Phi) is 11.9. The van der Waals surface area contributed by atoms with Gasteiger partial charge in [0.1, 0.15) is 0 Å². The molecular weight excluding hydrogens is 188 g/mol. The molecule has 0 amide bonds. The van der Waals surface area contributed by atoms with Crippen LogP contribution in [0.15, 0.2) is 0 Å². The Morgan fingerprint density at radius 1 is 1.00 bits per heavy atom. The van der Waals surface area contributed by atoms with Crippen LogP contribution in [0.5, 0.6) is 0 Å². The predicted octanol–water partition coefficient (Wildman–Crippen LogP) is 3.38. The number of ether oxygens (including phenoxy) is 1. The molecular formula is C13H28O2. The molecule has 0 fully saturated rings. The van der Waals surface area contributed by atoms with Crippen molar-refractivity contribution in [3.63, 3.8) is 0 Å². The standard InChI is InChI=1S/C13H28O2/c1-3-4-5-8-13(2)9-6-7-11-15-12-10-14/h13-14H,3-12H2,1-2H3. The molecule has 2 heteroatoms. The van der Waals surface area contributed by atoms with Crippen molar-refractivity contribution in [1.29, 1.82) is 0 Å². The lowest BCUT2D eigenvalue weighted by Gasteiger charge is -2.10. The van der Waals surface area contributed by atoms with Gasteiger partial charge < -0.3 is 9.84 Å². The molecule has 2 nitrogen and oxygen atoms in total. The van der Waals surface area contributed by atoms with Crippen molar-refractivity contribution in [3.05, 3.63) is 0 Å². The fourth-order valence-corrected chi connectivity index (χ4v) is 1.75. The molecule has 0 aromatic heterocycles. The molecule has 0 radical (unpaired) electrons. The molecule has 1 atom stereocenters. The van der Waals surface area contributed by atoms with Crippen LogP contribution < -0.4 is 0 Å². The maximum Gasteiger partial charge on any atom is 0.0697 e. The minimum absolute atomic E-state index is 0.146. The summed E-state index contributed by atoms with van der Waals surface area (Å²) in [7, 11) is 0. The van der Waals surface area contributed by atoms with Crippen LogP contribution in [-0.4, -0.2) is 24.9 Å². The van der Waals surface area contributed by atoms with Crippen LogP contribution in [0.3, 0.4) is 0 Å². The lowest BCUT2D eigenvalue weighted by molar-refractivity contribution is 0.0890. The van der Waals surface area contributed by atoms with Crippen LogP contribution >= 0.6 is 0 Å². The lowest BCUT2D eigenvalue weighted by atomic mass is 9.97. The maximum absolute atomic E-state index is 8.51. The predicted molar refractivity (Wildman–Crippen MR) is 65.1 cm³/mol. The minimum Gasteiger partial charge on any atom is -0.394 e. The molecule has 0 aromatic rings. The van der Waals surface area contributed by atoms with Gasteiger partial charge in [-0.15, -0.1) is 0 Å². The summed E-state index contributed by atoms with van der Waals surface area (Å²) >= 11 is 0. The van der Waals surface area contributed by atoms with Crippen LogP contribution in [0.25, 0.3) is 0 Å². The highest BCUT2D eigenvalue weighted by molar-refractivity contribution is 4.54. The van der Waals surface area contributed by atoms with E-state index >= 15 is 0 Å². The van der Waals surface area contributed by atoms with Gasteiger partial charge >= 0.3 is 0 Å². The Morgan fingerprint density at radius 2 is 1.67 bits per heavy atom. The van der Waals surface area contributed by atoms with Crippen LogP contribution in [0.2, 0.25) is 0 Å². The van der Waals surface area contributed by atoms with E-state index in [1.165, 1.54) is 38.5 Å². The third kappa shape index (κ3) is 11.8. The molecule has 0 rings (SSSR count). The number of aliphatic hydroxyl groups is 1. The fraction of sp³-hybridized carbons (Fsp3) is 1.00. The molecule has 1 unspecified atom stereocenters. The average molecular weight is 216 g/mol. The summed E-state index contributed by atoms with van der Waals surface area (Å²) in [5, 5.41) is 8.51. The Bertz CT molecular complexity index is 115. The van der Waals surface area contributed by atoms with E-state index in [2.05, 4.69) is 13.8 Å². The zero-order valence-electron chi connectivity index (χ0n) is 10.5. The molecule has 0 spiro atoms. The molecule has 0 bridgehead atoms. The van der Waals surface area contributed by atoms with E-state index in [1.807, 2.05) is 0 Å². The minimum atomic E-state index is 0.146. The first-order valence-corrected chi connectivity index (χ1v) is 6.49. The third-order valence-electron chi connectivity index (χ3n) is 2.77. The van der Waals surface area contributed by atoms with Crippen LogP contribution in [0.1, 0.15) is 58.8 Å². The van der Waals surface area contributed by atoms with Gasteiger partial charge in [-0.2, -0.15) is 0 Å². The Balaban J connectivity index is 3.06. The van der Waals surface area contributed by atoms with E-state index in [1.54, 1.807) is 0 Å². The largest absolute Gasteiger partial charge is 0.394 e. The van der Waals surface area contributed by atoms with Crippen molar-refractivity contribution < 1.29 is 9.84 Å². The Morgan fingerprint density at radius 3 is 2.27 bits per heavy atom. The van der Waals surface area contributed by atoms with Crippen molar-refractivity contribution >= 4 is 0 Å². The van der Waals surface area contributed by atoms with Gasteiger partial charge in [0.2, 0.25) is 0 Å². The summed E-state index contributed by atoms with van der Waals surface area (Å²) in [6.45, 7) is 6.05. The first-order chi connectivity index (χ1) is 7.31. The van der Waals surface area contributed by atoms with Crippen molar-refractivity contribution in [2.24, 2.45) is 5.92 Å². The highest BCUT2D eigenvalue weighted by Gasteiger charge is 2.01. The second-order valence-corrected chi connectivity index (χ2v) is 4.43. The average Bonchev–Trinajstić information content (AvgIpc) is 2.23. The van der Waals surface area contributed by atoms with Crippen LogP contribution in [-0.2, 0) is 4.74 Å². The van der Waals surface area contributed by atoms with Gasteiger partial charge in [-0.1, -0.05) is 52.4 Å². The van der Waals surface area contributed by atoms with Gasteiger partial charge in [0, 0.05) is 6.61 Å². The summed E-state index contributed by atoms with van der Waals surface area (Å²) in [6, 6.07) is 0. The molecule has 1 N–H and O–H groups in total. The monoisotopic (exact) mass is 216 g/mol. The summed E-state index contributed by atoms with van der Waals surface area (Å²) in [5.74, 6) is 0.870. The van der Waals surface area contributed by atoms with Crippen molar-refractivity contribution in [2.75, 3.05) is 19.8 Å². The van der Waals surface area contributed by atoms with E-state index in [0.717, 1.165) is 18.9 Å². The van der Waals surface area contributed by atoms with E-state index in [0.29, 0.717) is 6.61 Å². The second-order valence-electron chi connectivity index (χ2n) is 4.43. The number of aliphatic hydroxyl groups excluding tert-OH is 1.